The first-order valence-corrected chi connectivity index (χ1v) is 8.32. The topological polar surface area (TPSA) is 87.2 Å². The molecule has 0 amide bonds. The van der Waals surface area contributed by atoms with Crippen LogP contribution >= 0.6 is 0 Å². The third-order valence-electron chi connectivity index (χ3n) is 3.91. The van der Waals surface area contributed by atoms with E-state index in [0.717, 1.165) is 35.0 Å². The molecule has 1 heterocycles. The summed E-state index contributed by atoms with van der Waals surface area (Å²) in [6, 6.07) is 5.01. The molecule has 5 nitrogen and oxygen atoms in total. The minimum atomic E-state index is -3.23. The highest BCUT2D eigenvalue weighted by Gasteiger charge is 2.28. The van der Waals surface area contributed by atoms with E-state index in [1.54, 1.807) is 18.2 Å². The highest BCUT2D eigenvalue weighted by Crippen LogP contribution is 2.39. The van der Waals surface area contributed by atoms with Crippen molar-refractivity contribution in [1.82, 2.24) is 4.98 Å². The van der Waals surface area contributed by atoms with Crippen molar-refractivity contribution in [2.75, 3.05) is 6.26 Å². The molecule has 2 N–H and O–H groups in total. The van der Waals surface area contributed by atoms with Crippen LogP contribution < -0.4 is 0 Å². The molecule has 1 unspecified atom stereocenters. The van der Waals surface area contributed by atoms with Crippen LogP contribution in [0.3, 0.4) is 0 Å². The summed E-state index contributed by atoms with van der Waals surface area (Å²) in [4.78, 5) is 14.4. The van der Waals surface area contributed by atoms with Gasteiger partial charge >= 0.3 is 5.97 Å². The Bertz CT molecular complexity index is 804. The van der Waals surface area contributed by atoms with Gasteiger partial charge in [-0.3, -0.25) is 4.79 Å². The van der Waals surface area contributed by atoms with Crippen LogP contribution in [0.5, 0.6) is 0 Å². The molecule has 106 valence electrons. The highest BCUT2D eigenvalue weighted by atomic mass is 32.2. The number of aliphatic carboxylic acids is 1. The number of hydrogen-bond acceptors (Lipinski definition) is 3. The van der Waals surface area contributed by atoms with Gasteiger partial charge in [-0.2, -0.15) is 0 Å². The van der Waals surface area contributed by atoms with E-state index >= 15 is 0 Å². The highest BCUT2D eigenvalue weighted by molar-refractivity contribution is 7.90. The standard InChI is InChI=1S/C14H15NO4S/c1-20(18,19)9-3-5-12-11(7-9)10-4-2-8(6-13(16)17)14(10)15-12/h3,5,7-8,15H,2,4,6H2,1H3,(H,16,17). The summed E-state index contributed by atoms with van der Waals surface area (Å²) in [5, 5.41) is 9.83. The van der Waals surface area contributed by atoms with Crippen molar-refractivity contribution in [3.8, 4) is 0 Å². The van der Waals surface area contributed by atoms with E-state index in [4.69, 9.17) is 5.11 Å². The van der Waals surface area contributed by atoms with Gasteiger partial charge in [-0.1, -0.05) is 0 Å². The van der Waals surface area contributed by atoms with Gasteiger partial charge in [-0.15, -0.1) is 0 Å². The number of fused-ring (bicyclic) bond motifs is 3. The van der Waals surface area contributed by atoms with E-state index in [1.807, 2.05) is 0 Å². The Morgan fingerprint density at radius 3 is 2.85 bits per heavy atom. The number of carboxylic acids is 1. The van der Waals surface area contributed by atoms with Gasteiger partial charge in [0.2, 0.25) is 0 Å². The fraction of sp³-hybridized carbons (Fsp3) is 0.357. The Balaban J connectivity index is 2.13. The lowest BCUT2D eigenvalue weighted by atomic mass is 10.0. The maximum atomic E-state index is 11.6. The fourth-order valence-electron chi connectivity index (χ4n) is 2.97. The zero-order valence-corrected chi connectivity index (χ0v) is 11.8. The summed E-state index contributed by atoms with van der Waals surface area (Å²) in [6.45, 7) is 0. The first-order chi connectivity index (χ1) is 9.36. The zero-order chi connectivity index (χ0) is 14.5. The van der Waals surface area contributed by atoms with Gasteiger partial charge in [0, 0.05) is 28.8 Å². The van der Waals surface area contributed by atoms with Crippen LogP contribution in [0.1, 0.15) is 30.0 Å². The molecule has 0 spiro atoms. The molecule has 0 bridgehead atoms. The van der Waals surface area contributed by atoms with Crippen LogP contribution in [-0.2, 0) is 21.1 Å². The van der Waals surface area contributed by atoms with Gasteiger partial charge in [0.05, 0.1) is 11.3 Å². The number of hydrogen-bond donors (Lipinski definition) is 2. The van der Waals surface area contributed by atoms with Crippen molar-refractivity contribution >= 4 is 26.7 Å². The zero-order valence-electron chi connectivity index (χ0n) is 11.0. The molecule has 1 aliphatic rings. The van der Waals surface area contributed by atoms with E-state index in [1.165, 1.54) is 6.26 Å². The van der Waals surface area contributed by atoms with Crippen molar-refractivity contribution in [2.45, 2.75) is 30.1 Å². The lowest BCUT2D eigenvalue weighted by Crippen LogP contribution is -2.03. The number of carboxylic acid groups (broad SMARTS) is 1. The molecule has 0 saturated carbocycles. The largest absolute Gasteiger partial charge is 0.481 e. The Hall–Kier alpha value is -1.82. The van der Waals surface area contributed by atoms with Gasteiger partial charge in [0.1, 0.15) is 0 Å². The summed E-state index contributed by atoms with van der Waals surface area (Å²) < 4.78 is 23.2. The maximum Gasteiger partial charge on any atom is 0.304 e. The number of carbonyl (C=O) groups is 1. The number of aromatic amines is 1. The van der Waals surface area contributed by atoms with Crippen molar-refractivity contribution in [3.05, 3.63) is 29.5 Å². The molecule has 1 aliphatic carbocycles. The molecule has 1 aromatic carbocycles. The lowest BCUT2D eigenvalue weighted by Gasteiger charge is -2.05. The van der Waals surface area contributed by atoms with Crippen LogP contribution in [0.15, 0.2) is 23.1 Å². The van der Waals surface area contributed by atoms with Crippen molar-refractivity contribution in [1.29, 1.82) is 0 Å². The molecule has 2 aromatic rings. The van der Waals surface area contributed by atoms with Gasteiger partial charge in [-0.25, -0.2) is 8.42 Å². The van der Waals surface area contributed by atoms with Gasteiger partial charge < -0.3 is 10.1 Å². The number of rotatable bonds is 3. The van der Waals surface area contributed by atoms with Crippen LogP contribution in [0.25, 0.3) is 10.9 Å². The van der Waals surface area contributed by atoms with Crippen molar-refractivity contribution in [3.63, 3.8) is 0 Å². The first kappa shape index (κ1) is 13.2. The monoisotopic (exact) mass is 293 g/mol. The SMILES string of the molecule is CS(=O)(=O)c1ccc2[nH]c3c(c2c1)CCC3CC(=O)O. The number of sulfone groups is 1. The van der Waals surface area contributed by atoms with Gasteiger partial charge in [-0.05, 0) is 36.6 Å². The molecule has 6 heteroatoms. The molecule has 20 heavy (non-hydrogen) atoms. The normalized spacial score (nSPS) is 18.4. The summed E-state index contributed by atoms with van der Waals surface area (Å²) in [5.41, 5.74) is 2.89. The Kier molecular flexibility index (Phi) is 2.86. The Labute approximate surface area is 116 Å². The minimum absolute atomic E-state index is 0.00316. The van der Waals surface area contributed by atoms with E-state index in [2.05, 4.69) is 4.98 Å². The average Bonchev–Trinajstić information content (AvgIpc) is 2.87. The molecule has 0 saturated heterocycles. The molecular formula is C14H15NO4S. The summed E-state index contributed by atoms with van der Waals surface area (Å²) >= 11 is 0. The summed E-state index contributed by atoms with van der Waals surface area (Å²) in [5.74, 6) is -0.810. The first-order valence-electron chi connectivity index (χ1n) is 6.42. The molecule has 0 radical (unpaired) electrons. The van der Waals surface area contributed by atoms with Crippen LogP contribution in [0, 0.1) is 0 Å². The van der Waals surface area contributed by atoms with E-state index in [-0.39, 0.29) is 12.3 Å². The third-order valence-corrected chi connectivity index (χ3v) is 5.02. The number of H-pyrrole nitrogens is 1. The van der Waals surface area contributed by atoms with E-state index < -0.39 is 15.8 Å². The second kappa shape index (κ2) is 4.34. The Morgan fingerprint density at radius 2 is 2.20 bits per heavy atom. The quantitative estimate of drug-likeness (QED) is 0.907. The molecular weight excluding hydrogens is 278 g/mol. The van der Waals surface area contributed by atoms with E-state index in [0.29, 0.717) is 4.90 Å². The van der Waals surface area contributed by atoms with Gasteiger partial charge in [0.15, 0.2) is 9.84 Å². The lowest BCUT2D eigenvalue weighted by molar-refractivity contribution is -0.137. The number of aryl methyl sites for hydroxylation is 1. The average molecular weight is 293 g/mol. The predicted octanol–water partition coefficient (Wildman–Crippen LogP) is 2.08. The van der Waals surface area contributed by atoms with Crippen LogP contribution in [0.2, 0.25) is 0 Å². The summed E-state index contributed by atoms with van der Waals surface area (Å²) in [6.07, 6.45) is 2.89. The van der Waals surface area contributed by atoms with Crippen molar-refractivity contribution < 1.29 is 18.3 Å². The fourth-order valence-corrected chi connectivity index (χ4v) is 3.62. The van der Waals surface area contributed by atoms with E-state index in [9.17, 15) is 13.2 Å². The van der Waals surface area contributed by atoms with Crippen molar-refractivity contribution in [2.24, 2.45) is 0 Å². The third kappa shape index (κ3) is 2.10. The van der Waals surface area contributed by atoms with Crippen LogP contribution in [-0.4, -0.2) is 30.7 Å². The smallest absolute Gasteiger partial charge is 0.304 e. The number of benzene rings is 1. The summed E-state index contributed by atoms with van der Waals surface area (Å²) in [7, 11) is -3.23. The molecule has 0 aliphatic heterocycles. The second-order valence-electron chi connectivity index (χ2n) is 5.33. The molecule has 3 rings (SSSR count). The van der Waals surface area contributed by atoms with Crippen LogP contribution in [0.4, 0.5) is 0 Å². The molecule has 1 atom stereocenters. The minimum Gasteiger partial charge on any atom is -0.481 e. The predicted molar refractivity (Wildman–Crippen MR) is 74.7 cm³/mol. The molecule has 1 aromatic heterocycles. The number of nitrogens with one attached hydrogen (secondary N) is 1. The Morgan fingerprint density at radius 1 is 1.45 bits per heavy atom. The maximum absolute atomic E-state index is 11.6. The second-order valence-corrected chi connectivity index (χ2v) is 7.35. The molecule has 0 fully saturated rings. The van der Waals surface area contributed by atoms with Gasteiger partial charge in [0.25, 0.3) is 0 Å². The number of aromatic nitrogens is 1.